The lowest BCUT2D eigenvalue weighted by molar-refractivity contribution is 0.0601. The van der Waals surface area contributed by atoms with Gasteiger partial charge in [-0.3, -0.25) is 4.79 Å². The van der Waals surface area contributed by atoms with Crippen LogP contribution in [0.3, 0.4) is 0 Å². The van der Waals surface area contributed by atoms with Crippen LogP contribution < -0.4 is 10.6 Å². The van der Waals surface area contributed by atoms with E-state index in [0.29, 0.717) is 49.7 Å². The second kappa shape index (κ2) is 8.84. The van der Waals surface area contributed by atoms with E-state index in [2.05, 4.69) is 20.6 Å². The number of halogens is 1. The molecule has 0 unspecified atom stereocenters. The molecule has 0 aliphatic rings. The Kier molecular flexibility index (Phi) is 5.57. The molecule has 168 valence electrons. The van der Waals surface area contributed by atoms with Crippen LogP contribution in [0.25, 0.3) is 22.1 Å². The van der Waals surface area contributed by atoms with Gasteiger partial charge in [0.15, 0.2) is 0 Å². The minimum atomic E-state index is -0.446. The van der Waals surface area contributed by atoms with Crippen molar-refractivity contribution in [2.24, 2.45) is 0 Å². The highest BCUT2D eigenvalue weighted by molar-refractivity contribution is 6.31. The van der Waals surface area contributed by atoms with Gasteiger partial charge in [-0.15, -0.1) is 0 Å². The van der Waals surface area contributed by atoms with Crippen LogP contribution in [0.1, 0.15) is 20.7 Å². The second-order valence-electron chi connectivity index (χ2n) is 7.37. The van der Waals surface area contributed by atoms with E-state index in [4.69, 9.17) is 20.8 Å². The van der Waals surface area contributed by atoms with Gasteiger partial charge in [0.1, 0.15) is 17.7 Å². The summed E-state index contributed by atoms with van der Waals surface area (Å²) in [5.41, 5.74) is 3.19. The number of aromatic nitrogens is 2. The van der Waals surface area contributed by atoms with E-state index >= 15 is 0 Å². The SMILES string of the molecule is COC(=O)c1ccc2oc3ncnc(Nc4ccc(NC(=O)c5cccc(Cl)c5)cc4)c3c2c1. The fraction of sp³-hybridized carbons (Fsp3) is 0.0400. The number of rotatable bonds is 5. The van der Waals surface area contributed by atoms with Crippen molar-refractivity contribution in [1.82, 2.24) is 9.97 Å². The summed E-state index contributed by atoms with van der Waals surface area (Å²) >= 11 is 5.96. The quantitative estimate of drug-likeness (QED) is 0.311. The molecule has 0 fully saturated rings. The number of hydrogen-bond donors (Lipinski definition) is 2. The van der Waals surface area contributed by atoms with Crippen LogP contribution in [0.4, 0.5) is 17.2 Å². The zero-order chi connectivity index (χ0) is 23.7. The molecular formula is C25H17ClN4O4. The lowest BCUT2D eigenvalue weighted by Crippen LogP contribution is -2.11. The summed E-state index contributed by atoms with van der Waals surface area (Å²) in [4.78, 5) is 33.0. The Morgan fingerprint density at radius 2 is 1.74 bits per heavy atom. The Bertz CT molecular complexity index is 1550. The van der Waals surface area contributed by atoms with Gasteiger partial charge in [-0.1, -0.05) is 17.7 Å². The smallest absolute Gasteiger partial charge is 0.337 e. The maximum Gasteiger partial charge on any atom is 0.337 e. The highest BCUT2D eigenvalue weighted by Crippen LogP contribution is 2.34. The number of ether oxygens (including phenoxy) is 1. The number of furan rings is 1. The molecule has 9 heteroatoms. The van der Waals surface area contributed by atoms with Gasteiger partial charge in [0.2, 0.25) is 5.71 Å². The van der Waals surface area contributed by atoms with E-state index in [1.165, 1.54) is 13.4 Å². The van der Waals surface area contributed by atoms with Crippen LogP contribution in [0.5, 0.6) is 0 Å². The number of benzene rings is 3. The summed E-state index contributed by atoms with van der Waals surface area (Å²) in [7, 11) is 1.33. The number of hydrogen-bond acceptors (Lipinski definition) is 7. The standard InChI is InChI=1S/C25H17ClN4O4/c1-33-25(32)15-5-10-20-19(12-15)21-22(27-13-28-24(21)34-20)29-17-6-8-18(9-7-17)30-23(31)14-3-2-4-16(26)11-14/h2-13H,1H3,(H,30,31)(H,27,28,29). The molecule has 0 spiro atoms. The summed E-state index contributed by atoms with van der Waals surface area (Å²) in [6, 6.07) is 18.9. The van der Waals surface area contributed by atoms with Crippen molar-refractivity contribution in [3.05, 3.63) is 89.2 Å². The zero-order valence-corrected chi connectivity index (χ0v) is 18.6. The first kappa shape index (κ1) is 21.4. The van der Waals surface area contributed by atoms with Crippen molar-refractivity contribution in [2.75, 3.05) is 17.7 Å². The van der Waals surface area contributed by atoms with E-state index in [1.807, 2.05) is 12.1 Å². The van der Waals surface area contributed by atoms with Crippen LogP contribution in [-0.2, 0) is 4.74 Å². The number of nitrogens with one attached hydrogen (secondary N) is 2. The van der Waals surface area contributed by atoms with E-state index < -0.39 is 5.97 Å². The molecule has 0 radical (unpaired) electrons. The number of methoxy groups -OCH3 is 1. The van der Waals surface area contributed by atoms with Gasteiger partial charge in [-0.2, -0.15) is 0 Å². The monoisotopic (exact) mass is 472 g/mol. The predicted molar refractivity (Wildman–Crippen MR) is 130 cm³/mol. The third-order valence-corrected chi connectivity index (χ3v) is 5.42. The first-order chi connectivity index (χ1) is 16.5. The Hall–Kier alpha value is -4.43. The minimum absolute atomic E-state index is 0.257. The number of fused-ring (bicyclic) bond motifs is 3. The van der Waals surface area contributed by atoms with Crippen LogP contribution in [0.15, 0.2) is 77.5 Å². The summed E-state index contributed by atoms with van der Waals surface area (Å²) in [5, 5.41) is 7.91. The highest BCUT2D eigenvalue weighted by Gasteiger charge is 2.16. The number of nitrogens with zero attached hydrogens (tertiary/aromatic N) is 2. The summed E-state index contributed by atoms with van der Waals surface area (Å²) < 4.78 is 10.6. The zero-order valence-electron chi connectivity index (χ0n) is 17.8. The molecule has 2 N–H and O–H groups in total. The first-order valence-corrected chi connectivity index (χ1v) is 10.6. The Balaban J connectivity index is 1.41. The molecule has 2 heterocycles. The molecule has 1 amide bonds. The Labute approximate surface area is 198 Å². The number of esters is 1. The van der Waals surface area contributed by atoms with Gasteiger partial charge in [-0.05, 0) is 60.7 Å². The summed E-state index contributed by atoms with van der Waals surface area (Å²) in [6.45, 7) is 0. The average molecular weight is 473 g/mol. The van der Waals surface area contributed by atoms with Gasteiger partial charge < -0.3 is 19.8 Å². The fourth-order valence-electron chi connectivity index (χ4n) is 3.55. The average Bonchev–Trinajstić information content (AvgIpc) is 3.23. The van der Waals surface area contributed by atoms with Crippen molar-refractivity contribution in [2.45, 2.75) is 0 Å². The van der Waals surface area contributed by atoms with Gasteiger partial charge >= 0.3 is 5.97 Å². The molecule has 2 aromatic heterocycles. The third-order valence-electron chi connectivity index (χ3n) is 5.18. The van der Waals surface area contributed by atoms with Gasteiger partial charge in [0.05, 0.1) is 18.1 Å². The Morgan fingerprint density at radius 3 is 2.50 bits per heavy atom. The van der Waals surface area contributed by atoms with Crippen LogP contribution in [-0.4, -0.2) is 29.0 Å². The number of carbonyl (C=O) groups excluding carboxylic acids is 2. The van der Waals surface area contributed by atoms with Gasteiger partial charge in [0, 0.05) is 27.3 Å². The normalized spacial score (nSPS) is 10.9. The van der Waals surface area contributed by atoms with Gasteiger partial charge in [0.25, 0.3) is 5.91 Å². The van der Waals surface area contributed by atoms with Crippen molar-refractivity contribution in [3.8, 4) is 0 Å². The summed E-state index contributed by atoms with van der Waals surface area (Å²) in [6.07, 6.45) is 1.40. The predicted octanol–water partition coefficient (Wildman–Crippen LogP) is 5.81. The molecule has 0 bridgehead atoms. The van der Waals surface area contributed by atoms with Crippen LogP contribution in [0.2, 0.25) is 5.02 Å². The number of anilines is 3. The Morgan fingerprint density at radius 1 is 0.941 bits per heavy atom. The lowest BCUT2D eigenvalue weighted by atomic mass is 10.1. The number of carbonyl (C=O) groups is 2. The maximum atomic E-state index is 12.4. The molecule has 8 nitrogen and oxygen atoms in total. The van der Waals surface area contributed by atoms with Crippen LogP contribution >= 0.6 is 11.6 Å². The largest absolute Gasteiger partial charge is 0.465 e. The molecule has 34 heavy (non-hydrogen) atoms. The highest BCUT2D eigenvalue weighted by atomic mass is 35.5. The lowest BCUT2D eigenvalue weighted by Gasteiger charge is -2.09. The first-order valence-electron chi connectivity index (χ1n) is 10.2. The minimum Gasteiger partial charge on any atom is -0.465 e. The van der Waals surface area contributed by atoms with E-state index in [0.717, 1.165) is 5.69 Å². The van der Waals surface area contributed by atoms with Crippen molar-refractivity contribution < 1.29 is 18.7 Å². The molecule has 5 rings (SSSR count). The fourth-order valence-corrected chi connectivity index (χ4v) is 3.74. The molecule has 3 aromatic carbocycles. The third kappa shape index (κ3) is 4.14. The van der Waals surface area contributed by atoms with Crippen LogP contribution in [0, 0.1) is 0 Å². The van der Waals surface area contributed by atoms with E-state index in [1.54, 1.807) is 54.6 Å². The maximum absolute atomic E-state index is 12.4. The molecule has 0 atom stereocenters. The summed E-state index contributed by atoms with van der Waals surface area (Å²) in [5.74, 6) is -0.188. The molecule has 0 saturated heterocycles. The van der Waals surface area contributed by atoms with Crippen molar-refractivity contribution in [1.29, 1.82) is 0 Å². The molecule has 0 saturated carbocycles. The number of amides is 1. The molecular weight excluding hydrogens is 456 g/mol. The molecule has 5 aromatic rings. The topological polar surface area (TPSA) is 106 Å². The second-order valence-corrected chi connectivity index (χ2v) is 7.81. The van der Waals surface area contributed by atoms with E-state index in [-0.39, 0.29) is 5.91 Å². The molecule has 0 aliphatic carbocycles. The van der Waals surface area contributed by atoms with Crippen molar-refractivity contribution in [3.63, 3.8) is 0 Å². The molecule has 0 aliphatic heterocycles. The van der Waals surface area contributed by atoms with Gasteiger partial charge in [-0.25, -0.2) is 14.8 Å². The van der Waals surface area contributed by atoms with Crippen molar-refractivity contribution >= 4 is 62.7 Å². The van der Waals surface area contributed by atoms with E-state index in [9.17, 15) is 9.59 Å².